The van der Waals surface area contributed by atoms with E-state index in [4.69, 9.17) is 5.73 Å². The molecule has 0 aromatic carbocycles. The van der Waals surface area contributed by atoms with Crippen molar-refractivity contribution in [3.63, 3.8) is 0 Å². The van der Waals surface area contributed by atoms with E-state index in [1.54, 1.807) is 21.5 Å². The highest BCUT2D eigenvalue weighted by Crippen LogP contribution is 2.23. The number of aromatic nitrogens is 6. The van der Waals surface area contributed by atoms with E-state index in [-0.39, 0.29) is 0 Å². The summed E-state index contributed by atoms with van der Waals surface area (Å²) in [6, 6.07) is 7.53. The number of nitrogens with two attached hydrogens (primary N) is 1. The fraction of sp³-hybridized carbons (Fsp3) is 0.143. The van der Waals surface area contributed by atoms with Gasteiger partial charge in [-0.1, -0.05) is 6.07 Å². The first kappa shape index (κ1) is 11.8. The molecule has 2 N–H and O–H groups in total. The Hall–Kier alpha value is -2.96. The van der Waals surface area contributed by atoms with Crippen LogP contribution in [0.2, 0.25) is 0 Å². The highest BCUT2D eigenvalue weighted by molar-refractivity contribution is 5.88. The van der Waals surface area contributed by atoms with Crippen molar-refractivity contribution in [3.8, 4) is 5.82 Å². The Bertz CT molecular complexity index is 980. The molecule has 0 fully saturated rings. The molecule has 4 heterocycles. The maximum absolute atomic E-state index is 5.98. The fourth-order valence-electron chi connectivity index (χ4n) is 2.50. The molecule has 7 heteroatoms. The van der Waals surface area contributed by atoms with Gasteiger partial charge in [-0.3, -0.25) is 4.98 Å². The van der Waals surface area contributed by atoms with Gasteiger partial charge in [0.2, 0.25) is 0 Å². The highest BCUT2D eigenvalue weighted by atomic mass is 15.4. The summed E-state index contributed by atoms with van der Waals surface area (Å²) in [5, 5.41) is 9.00. The SMILES string of the molecule is Cc1nc2cccc(-n3nc4c(N)ccnc4c3C)n2n1. The Kier molecular flexibility index (Phi) is 2.26. The summed E-state index contributed by atoms with van der Waals surface area (Å²) >= 11 is 0. The van der Waals surface area contributed by atoms with Crippen LogP contribution in [-0.2, 0) is 0 Å². The van der Waals surface area contributed by atoms with E-state index in [1.807, 2.05) is 32.0 Å². The van der Waals surface area contributed by atoms with Gasteiger partial charge >= 0.3 is 0 Å². The summed E-state index contributed by atoms with van der Waals surface area (Å²) in [6.07, 6.45) is 1.69. The van der Waals surface area contributed by atoms with E-state index in [2.05, 4.69) is 20.2 Å². The van der Waals surface area contributed by atoms with E-state index in [0.29, 0.717) is 11.2 Å². The van der Waals surface area contributed by atoms with Crippen molar-refractivity contribution in [2.75, 3.05) is 5.73 Å². The number of nitrogens with zero attached hydrogens (tertiary/aromatic N) is 6. The summed E-state index contributed by atoms with van der Waals surface area (Å²) in [4.78, 5) is 8.74. The molecule has 7 nitrogen and oxygen atoms in total. The first-order valence-corrected chi connectivity index (χ1v) is 6.58. The molecule has 0 radical (unpaired) electrons. The van der Waals surface area contributed by atoms with Gasteiger partial charge in [0.15, 0.2) is 11.5 Å². The number of rotatable bonds is 1. The van der Waals surface area contributed by atoms with Gasteiger partial charge < -0.3 is 5.73 Å². The van der Waals surface area contributed by atoms with Crippen LogP contribution in [0.5, 0.6) is 0 Å². The Balaban J connectivity index is 2.09. The van der Waals surface area contributed by atoms with Crippen LogP contribution in [0.3, 0.4) is 0 Å². The monoisotopic (exact) mass is 279 g/mol. The molecule has 104 valence electrons. The highest BCUT2D eigenvalue weighted by Gasteiger charge is 2.15. The van der Waals surface area contributed by atoms with Gasteiger partial charge in [0.1, 0.15) is 16.9 Å². The maximum atomic E-state index is 5.98. The minimum atomic E-state index is 0.615. The first-order valence-electron chi connectivity index (χ1n) is 6.58. The molecule has 4 rings (SSSR count). The van der Waals surface area contributed by atoms with Crippen molar-refractivity contribution in [2.24, 2.45) is 0 Å². The van der Waals surface area contributed by atoms with Gasteiger partial charge in [-0.2, -0.15) is 9.61 Å². The summed E-state index contributed by atoms with van der Waals surface area (Å²) in [7, 11) is 0. The quantitative estimate of drug-likeness (QED) is 0.572. The van der Waals surface area contributed by atoms with Crippen molar-refractivity contribution in [3.05, 3.63) is 42.0 Å². The van der Waals surface area contributed by atoms with Gasteiger partial charge in [-0.25, -0.2) is 9.67 Å². The number of pyridine rings is 2. The molecule has 0 aliphatic carbocycles. The number of hydrogen-bond donors (Lipinski definition) is 1. The number of aryl methyl sites for hydroxylation is 2. The number of hydrogen-bond acceptors (Lipinski definition) is 5. The second-order valence-electron chi connectivity index (χ2n) is 4.91. The lowest BCUT2D eigenvalue weighted by atomic mass is 10.3. The zero-order valence-corrected chi connectivity index (χ0v) is 11.6. The van der Waals surface area contributed by atoms with Crippen molar-refractivity contribution < 1.29 is 0 Å². The minimum Gasteiger partial charge on any atom is -0.397 e. The van der Waals surface area contributed by atoms with Crippen molar-refractivity contribution in [1.29, 1.82) is 0 Å². The third-order valence-corrected chi connectivity index (χ3v) is 3.48. The second-order valence-corrected chi connectivity index (χ2v) is 4.91. The largest absolute Gasteiger partial charge is 0.397 e. The topological polar surface area (TPSA) is 86.9 Å². The van der Waals surface area contributed by atoms with Crippen LogP contribution >= 0.6 is 0 Å². The van der Waals surface area contributed by atoms with Crippen LogP contribution < -0.4 is 5.73 Å². The lowest BCUT2D eigenvalue weighted by Crippen LogP contribution is -2.06. The lowest BCUT2D eigenvalue weighted by molar-refractivity contribution is 0.772. The summed E-state index contributed by atoms with van der Waals surface area (Å²) in [6.45, 7) is 3.83. The van der Waals surface area contributed by atoms with Gasteiger partial charge in [-0.05, 0) is 32.0 Å². The van der Waals surface area contributed by atoms with Crippen LogP contribution in [0.1, 0.15) is 11.5 Å². The van der Waals surface area contributed by atoms with Gasteiger partial charge in [0.25, 0.3) is 0 Å². The molecular formula is C14H13N7. The molecule has 4 aromatic rings. The van der Waals surface area contributed by atoms with E-state index in [9.17, 15) is 0 Å². The molecule has 0 saturated carbocycles. The zero-order valence-electron chi connectivity index (χ0n) is 11.6. The molecule has 0 spiro atoms. The summed E-state index contributed by atoms with van der Waals surface area (Å²) in [5.41, 5.74) is 9.79. The second kappa shape index (κ2) is 4.02. The van der Waals surface area contributed by atoms with Gasteiger partial charge in [0, 0.05) is 6.20 Å². The molecule has 0 aliphatic rings. The maximum Gasteiger partial charge on any atom is 0.158 e. The standard InChI is InChI=1S/C14H13N7/c1-8-13-14(10(15)6-7-16-13)19-20(8)12-5-3-4-11-17-9(2)18-21(11)12/h3-7H,15H2,1-2H3. The zero-order chi connectivity index (χ0) is 14.6. The number of nitrogen functional groups attached to an aromatic ring is 1. The van der Waals surface area contributed by atoms with Crippen LogP contribution in [0.25, 0.3) is 22.5 Å². The van der Waals surface area contributed by atoms with Crippen molar-refractivity contribution in [1.82, 2.24) is 29.4 Å². The van der Waals surface area contributed by atoms with Crippen LogP contribution in [0, 0.1) is 13.8 Å². The van der Waals surface area contributed by atoms with Gasteiger partial charge in [-0.15, -0.1) is 5.10 Å². The Morgan fingerprint density at radius 1 is 1.05 bits per heavy atom. The lowest BCUT2D eigenvalue weighted by Gasteiger charge is -2.05. The predicted molar refractivity (Wildman–Crippen MR) is 79.3 cm³/mol. The third kappa shape index (κ3) is 1.60. The van der Waals surface area contributed by atoms with E-state index >= 15 is 0 Å². The average Bonchev–Trinajstić information content (AvgIpc) is 3.00. The van der Waals surface area contributed by atoms with E-state index < -0.39 is 0 Å². The molecule has 0 unspecified atom stereocenters. The molecular weight excluding hydrogens is 266 g/mol. The molecule has 0 atom stereocenters. The summed E-state index contributed by atoms with van der Waals surface area (Å²) in [5.74, 6) is 1.53. The molecule has 4 aromatic heterocycles. The van der Waals surface area contributed by atoms with Crippen LogP contribution in [-0.4, -0.2) is 29.4 Å². The molecule has 0 saturated heterocycles. The Morgan fingerprint density at radius 3 is 2.71 bits per heavy atom. The van der Waals surface area contributed by atoms with Crippen LogP contribution in [0.4, 0.5) is 5.69 Å². The Labute approximate surface area is 120 Å². The normalized spacial score (nSPS) is 11.5. The van der Waals surface area contributed by atoms with Crippen molar-refractivity contribution >= 4 is 22.4 Å². The smallest absolute Gasteiger partial charge is 0.158 e. The number of anilines is 1. The average molecular weight is 279 g/mol. The molecule has 0 aliphatic heterocycles. The molecule has 21 heavy (non-hydrogen) atoms. The van der Waals surface area contributed by atoms with Crippen molar-refractivity contribution in [2.45, 2.75) is 13.8 Å². The van der Waals surface area contributed by atoms with Crippen LogP contribution in [0.15, 0.2) is 30.5 Å². The van der Waals surface area contributed by atoms with E-state index in [1.165, 1.54) is 0 Å². The molecule has 0 amide bonds. The Morgan fingerprint density at radius 2 is 1.90 bits per heavy atom. The van der Waals surface area contributed by atoms with Gasteiger partial charge in [0.05, 0.1) is 11.4 Å². The fourth-order valence-corrected chi connectivity index (χ4v) is 2.50. The first-order chi connectivity index (χ1) is 10.1. The minimum absolute atomic E-state index is 0.615. The predicted octanol–water partition coefficient (Wildman–Crippen LogP) is 1.66. The number of fused-ring (bicyclic) bond motifs is 2. The van der Waals surface area contributed by atoms with E-state index in [0.717, 1.165) is 28.5 Å². The third-order valence-electron chi connectivity index (χ3n) is 3.48. The molecule has 0 bridgehead atoms. The summed E-state index contributed by atoms with van der Waals surface area (Å²) < 4.78 is 3.57.